The van der Waals surface area contributed by atoms with Crippen molar-refractivity contribution in [1.29, 1.82) is 0 Å². The molecule has 0 fully saturated rings. The Morgan fingerprint density at radius 3 is 1.55 bits per heavy atom. The summed E-state index contributed by atoms with van der Waals surface area (Å²) in [6.45, 7) is 0. The maximum atomic E-state index is 5.21. The van der Waals surface area contributed by atoms with Crippen molar-refractivity contribution in [3.63, 3.8) is 0 Å². The number of aromatic nitrogens is 5. The molecule has 0 saturated heterocycles. The molecule has 56 heavy (non-hydrogen) atoms. The zero-order valence-corrected chi connectivity index (χ0v) is 30.5. The molecule has 0 unspecified atom stereocenters. The Balaban J connectivity index is 1.07. The van der Waals surface area contributed by atoms with Crippen molar-refractivity contribution in [2.45, 2.75) is 12.8 Å². The van der Waals surface area contributed by atoms with Crippen LogP contribution in [0.2, 0.25) is 0 Å². The molecule has 3 heterocycles. The van der Waals surface area contributed by atoms with Crippen LogP contribution in [-0.4, -0.2) is 24.1 Å². The van der Waals surface area contributed by atoms with Crippen LogP contribution in [0.4, 0.5) is 0 Å². The first kappa shape index (κ1) is 32.1. The van der Waals surface area contributed by atoms with E-state index < -0.39 is 0 Å². The molecule has 264 valence electrons. The molecular formula is C51H35N5. The molecule has 0 spiro atoms. The second-order valence-electron chi connectivity index (χ2n) is 14.4. The summed E-state index contributed by atoms with van der Waals surface area (Å²) < 4.78 is 4.73. The summed E-state index contributed by atoms with van der Waals surface area (Å²) in [5.74, 6) is 1.91. The fourth-order valence-corrected chi connectivity index (χ4v) is 8.35. The summed E-state index contributed by atoms with van der Waals surface area (Å²) in [7, 11) is 0. The first-order chi connectivity index (χ1) is 27.8. The summed E-state index contributed by atoms with van der Waals surface area (Å²) in [4.78, 5) is 15.4. The molecule has 5 heteroatoms. The number of hydrogen-bond donors (Lipinski definition) is 0. The molecule has 0 amide bonds. The van der Waals surface area contributed by atoms with Gasteiger partial charge in [-0.25, -0.2) is 15.0 Å². The van der Waals surface area contributed by atoms with E-state index in [4.69, 9.17) is 15.0 Å². The van der Waals surface area contributed by atoms with Crippen molar-refractivity contribution < 1.29 is 0 Å². The van der Waals surface area contributed by atoms with Gasteiger partial charge in [0.05, 0.1) is 22.1 Å². The van der Waals surface area contributed by atoms with Crippen molar-refractivity contribution in [3.8, 4) is 51.0 Å². The number of hydrogen-bond acceptors (Lipinski definition) is 3. The maximum absolute atomic E-state index is 5.21. The summed E-state index contributed by atoms with van der Waals surface area (Å²) in [6.07, 6.45) is 8.96. The van der Waals surface area contributed by atoms with E-state index in [1.165, 1.54) is 49.4 Å². The molecule has 0 aliphatic heterocycles. The monoisotopic (exact) mass is 717 g/mol. The van der Waals surface area contributed by atoms with E-state index in [2.05, 4.69) is 179 Å². The van der Waals surface area contributed by atoms with E-state index in [9.17, 15) is 0 Å². The molecule has 11 rings (SSSR count). The Hall–Kier alpha value is -7.37. The highest BCUT2D eigenvalue weighted by molar-refractivity contribution is 6.12. The van der Waals surface area contributed by atoms with Crippen LogP contribution in [0.5, 0.6) is 0 Å². The van der Waals surface area contributed by atoms with Gasteiger partial charge in [-0.05, 0) is 84.6 Å². The smallest absolute Gasteiger partial charge is 0.164 e. The van der Waals surface area contributed by atoms with Gasteiger partial charge in [0.2, 0.25) is 0 Å². The van der Waals surface area contributed by atoms with E-state index >= 15 is 0 Å². The SMILES string of the molecule is C1=CC(n2c3ccccc3c3cc(-c4nc(-c5ccccc5)nc(-c5cccc(-n6c7ccccc7c7cc(-c8ccccc8)ccc76)c5)n4)ccc32)=CCC1. The van der Waals surface area contributed by atoms with Crippen LogP contribution < -0.4 is 0 Å². The molecule has 0 radical (unpaired) electrons. The molecule has 0 N–H and O–H groups in total. The van der Waals surface area contributed by atoms with Gasteiger partial charge in [-0.1, -0.05) is 127 Å². The van der Waals surface area contributed by atoms with Crippen molar-refractivity contribution in [2.75, 3.05) is 0 Å². The Morgan fingerprint density at radius 1 is 0.357 bits per heavy atom. The van der Waals surface area contributed by atoms with Crippen molar-refractivity contribution in [3.05, 3.63) is 188 Å². The third kappa shape index (κ3) is 5.36. The Kier molecular flexibility index (Phi) is 7.56. The number of fused-ring (bicyclic) bond motifs is 6. The second kappa shape index (κ2) is 13.2. The Morgan fingerprint density at radius 2 is 0.875 bits per heavy atom. The Bertz CT molecular complexity index is 3190. The number of rotatable bonds is 6. The second-order valence-corrected chi connectivity index (χ2v) is 14.4. The van der Waals surface area contributed by atoms with Gasteiger partial charge >= 0.3 is 0 Å². The van der Waals surface area contributed by atoms with Gasteiger partial charge in [-0.3, -0.25) is 0 Å². The predicted molar refractivity (Wildman–Crippen MR) is 232 cm³/mol. The van der Waals surface area contributed by atoms with Crippen molar-refractivity contribution in [2.24, 2.45) is 0 Å². The summed E-state index contributed by atoms with van der Waals surface area (Å²) in [5.41, 5.74) is 12.1. The molecule has 7 aromatic carbocycles. The molecule has 1 aliphatic carbocycles. The van der Waals surface area contributed by atoms with Crippen LogP contribution >= 0.6 is 0 Å². The molecule has 0 saturated carbocycles. The zero-order chi connectivity index (χ0) is 37.0. The minimum absolute atomic E-state index is 0.628. The van der Waals surface area contributed by atoms with Crippen molar-refractivity contribution >= 4 is 49.3 Å². The fourth-order valence-electron chi connectivity index (χ4n) is 8.35. The van der Waals surface area contributed by atoms with Gasteiger partial charge in [0.1, 0.15) is 0 Å². The quantitative estimate of drug-likeness (QED) is 0.172. The third-order valence-corrected chi connectivity index (χ3v) is 11.0. The van der Waals surface area contributed by atoms with E-state index in [1.54, 1.807) is 0 Å². The molecular weight excluding hydrogens is 683 g/mol. The van der Waals surface area contributed by atoms with E-state index in [0.29, 0.717) is 17.5 Å². The normalized spacial score (nSPS) is 12.9. The summed E-state index contributed by atoms with van der Waals surface area (Å²) in [5, 5.41) is 4.81. The number of benzene rings is 7. The topological polar surface area (TPSA) is 48.5 Å². The van der Waals surface area contributed by atoms with Gasteiger partial charge in [-0.15, -0.1) is 0 Å². The van der Waals surface area contributed by atoms with Crippen LogP contribution in [0.3, 0.4) is 0 Å². The molecule has 10 aromatic rings. The maximum Gasteiger partial charge on any atom is 0.164 e. The first-order valence-corrected chi connectivity index (χ1v) is 19.2. The molecule has 1 aliphatic rings. The lowest BCUT2D eigenvalue weighted by molar-refractivity contribution is 1.02. The lowest BCUT2D eigenvalue weighted by Crippen LogP contribution is -2.01. The third-order valence-electron chi connectivity index (χ3n) is 11.0. The largest absolute Gasteiger partial charge is 0.310 e. The summed E-state index contributed by atoms with van der Waals surface area (Å²) >= 11 is 0. The van der Waals surface area contributed by atoms with Gasteiger partial charge in [0.25, 0.3) is 0 Å². The number of para-hydroxylation sites is 2. The van der Waals surface area contributed by atoms with Gasteiger partial charge in [-0.2, -0.15) is 0 Å². The highest BCUT2D eigenvalue weighted by Crippen LogP contribution is 2.38. The average molecular weight is 718 g/mol. The first-order valence-electron chi connectivity index (χ1n) is 19.2. The van der Waals surface area contributed by atoms with Crippen LogP contribution in [0.25, 0.3) is 100 Å². The lowest BCUT2D eigenvalue weighted by atomic mass is 10.0. The highest BCUT2D eigenvalue weighted by atomic mass is 15.0. The lowest BCUT2D eigenvalue weighted by Gasteiger charge is -2.13. The number of allylic oxidation sites excluding steroid dienone is 4. The Labute approximate surface area is 324 Å². The zero-order valence-electron chi connectivity index (χ0n) is 30.5. The minimum Gasteiger partial charge on any atom is -0.310 e. The average Bonchev–Trinajstić information content (AvgIpc) is 3.79. The summed E-state index contributed by atoms with van der Waals surface area (Å²) in [6, 6.07) is 60.0. The van der Waals surface area contributed by atoms with Crippen molar-refractivity contribution in [1.82, 2.24) is 24.1 Å². The molecule has 3 aromatic heterocycles. The molecule has 5 nitrogen and oxygen atoms in total. The standard InChI is InChI=1S/C51H35N5/c1-4-15-34(16-5-1)36-27-29-48-43(32-36)41-23-11-13-26-46(41)56(48)40-22-14-19-37(31-40)50-52-49(35-17-6-2-7-18-35)53-51(54-50)38-28-30-47-44(33-38)42-24-10-12-25-45(42)55(47)39-20-8-3-9-21-39/h1-2,4-8,10-33H,3,9H2. The van der Waals surface area contributed by atoms with Gasteiger partial charge in [0.15, 0.2) is 17.5 Å². The van der Waals surface area contributed by atoms with Crippen LogP contribution in [-0.2, 0) is 0 Å². The fraction of sp³-hybridized carbons (Fsp3) is 0.0392. The molecule has 0 bridgehead atoms. The minimum atomic E-state index is 0.628. The van der Waals surface area contributed by atoms with E-state index in [-0.39, 0.29) is 0 Å². The van der Waals surface area contributed by atoms with Crippen LogP contribution in [0.15, 0.2) is 188 Å². The van der Waals surface area contributed by atoms with Gasteiger partial charge in [0, 0.05) is 49.6 Å². The van der Waals surface area contributed by atoms with Crippen LogP contribution in [0.1, 0.15) is 12.8 Å². The van der Waals surface area contributed by atoms with Crippen LogP contribution in [0, 0.1) is 0 Å². The van der Waals surface area contributed by atoms with E-state index in [1.807, 2.05) is 18.2 Å². The predicted octanol–water partition coefficient (Wildman–Crippen LogP) is 12.9. The van der Waals surface area contributed by atoms with E-state index in [0.717, 1.165) is 46.3 Å². The number of nitrogens with zero attached hydrogens (tertiary/aromatic N) is 5. The molecule has 0 atom stereocenters. The van der Waals surface area contributed by atoms with Gasteiger partial charge < -0.3 is 9.13 Å². The highest BCUT2D eigenvalue weighted by Gasteiger charge is 2.19.